The molecule has 0 saturated carbocycles. The fourth-order valence-electron chi connectivity index (χ4n) is 0.682. The first-order chi connectivity index (χ1) is 5.00. The zero-order valence-corrected chi connectivity index (χ0v) is 7.84. The zero-order valence-electron chi connectivity index (χ0n) is 6.21. The van der Waals surface area contributed by atoms with Gasteiger partial charge in [-0.2, -0.15) is 13.2 Å². The van der Waals surface area contributed by atoms with Gasteiger partial charge in [-0.05, 0) is 18.2 Å². The molecule has 0 atom stereocenters. The van der Waals surface area contributed by atoms with Gasteiger partial charge in [0.2, 0.25) is 0 Å². The fraction of sp³-hybridized carbons (Fsp3) is 0.143. The molecule has 1 aromatic carbocycles. The summed E-state index contributed by atoms with van der Waals surface area (Å²) in [5.74, 6) is -0.375. The molecule has 1 aromatic rings. The SMILES string of the molecule is Cl.Cl.Oc1cccc(C(F)(F)F)c1. The molecule has 1 rings (SSSR count). The molecule has 0 unspecified atom stereocenters. The van der Waals surface area contributed by atoms with Crippen molar-refractivity contribution in [1.29, 1.82) is 0 Å². The summed E-state index contributed by atoms with van der Waals surface area (Å²) in [5, 5.41) is 8.68. The van der Waals surface area contributed by atoms with Crippen LogP contribution >= 0.6 is 24.8 Å². The Hall–Kier alpha value is -0.610. The van der Waals surface area contributed by atoms with Crippen molar-refractivity contribution in [1.82, 2.24) is 0 Å². The minimum absolute atomic E-state index is 0. The van der Waals surface area contributed by atoms with Gasteiger partial charge in [-0.15, -0.1) is 24.8 Å². The van der Waals surface area contributed by atoms with E-state index >= 15 is 0 Å². The summed E-state index contributed by atoms with van der Waals surface area (Å²) in [7, 11) is 0. The number of aromatic hydroxyl groups is 1. The first kappa shape index (κ1) is 14.9. The predicted molar refractivity (Wildman–Crippen MR) is 47.6 cm³/mol. The first-order valence-electron chi connectivity index (χ1n) is 2.86. The van der Waals surface area contributed by atoms with Gasteiger partial charge in [-0.3, -0.25) is 0 Å². The molecule has 0 radical (unpaired) electrons. The number of hydrogen-bond acceptors (Lipinski definition) is 1. The maximum atomic E-state index is 11.9. The van der Waals surface area contributed by atoms with Crippen molar-refractivity contribution in [3.05, 3.63) is 29.8 Å². The van der Waals surface area contributed by atoms with Crippen LogP contribution in [-0.4, -0.2) is 5.11 Å². The van der Waals surface area contributed by atoms with Gasteiger partial charge >= 0.3 is 6.18 Å². The maximum Gasteiger partial charge on any atom is 0.416 e. The van der Waals surface area contributed by atoms with Crippen LogP contribution < -0.4 is 0 Å². The Morgan fingerprint density at radius 1 is 1.08 bits per heavy atom. The van der Waals surface area contributed by atoms with Crippen molar-refractivity contribution in [2.45, 2.75) is 6.18 Å². The molecule has 0 amide bonds. The van der Waals surface area contributed by atoms with E-state index in [9.17, 15) is 13.2 Å². The molecule has 0 aliphatic rings. The van der Waals surface area contributed by atoms with Crippen LogP contribution in [0.25, 0.3) is 0 Å². The number of halogens is 5. The molecule has 0 aromatic heterocycles. The Morgan fingerprint density at radius 3 is 1.92 bits per heavy atom. The molecule has 6 heteroatoms. The summed E-state index contributed by atoms with van der Waals surface area (Å²) < 4.78 is 35.6. The van der Waals surface area contributed by atoms with E-state index < -0.39 is 11.7 Å². The average Bonchev–Trinajstić information content (AvgIpc) is 1.86. The number of benzene rings is 1. The van der Waals surface area contributed by atoms with Crippen LogP contribution in [0.2, 0.25) is 0 Å². The summed E-state index contributed by atoms with van der Waals surface area (Å²) in [6, 6.07) is 3.92. The second-order valence-electron chi connectivity index (χ2n) is 2.05. The lowest BCUT2D eigenvalue weighted by molar-refractivity contribution is -0.137. The number of alkyl halides is 3. The molecular weight excluding hydrogens is 228 g/mol. The number of phenolic OH excluding ortho intramolecular Hbond substituents is 1. The lowest BCUT2D eigenvalue weighted by Crippen LogP contribution is -2.03. The quantitative estimate of drug-likeness (QED) is 0.731. The van der Waals surface area contributed by atoms with Crippen LogP contribution in [0.1, 0.15) is 5.56 Å². The van der Waals surface area contributed by atoms with E-state index in [0.717, 1.165) is 12.1 Å². The van der Waals surface area contributed by atoms with E-state index in [2.05, 4.69) is 0 Å². The minimum Gasteiger partial charge on any atom is -0.508 e. The Kier molecular flexibility index (Phi) is 5.95. The summed E-state index contributed by atoms with van der Waals surface area (Å²) in [6.07, 6.45) is -4.38. The third-order valence-electron chi connectivity index (χ3n) is 1.17. The molecule has 0 spiro atoms. The number of phenols is 1. The number of rotatable bonds is 0. The van der Waals surface area contributed by atoms with Crippen molar-refractivity contribution in [3.63, 3.8) is 0 Å². The van der Waals surface area contributed by atoms with Crippen LogP contribution in [0.3, 0.4) is 0 Å². The van der Waals surface area contributed by atoms with Crippen LogP contribution in [0.5, 0.6) is 5.75 Å². The van der Waals surface area contributed by atoms with Crippen LogP contribution in [0.15, 0.2) is 24.3 Å². The van der Waals surface area contributed by atoms with Gasteiger partial charge in [-0.25, -0.2) is 0 Å². The molecule has 0 heterocycles. The highest BCUT2D eigenvalue weighted by molar-refractivity contribution is 5.85. The molecule has 1 nitrogen and oxygen atoms in total. The van der Waals surface area contributed by atoms with Gasteiger partial charge in [0, 0.05) is 0 Å². The fourth-order valence-corrected chi connectivity index (χ4v) is 0.682. The molecule has 0 fully saturated rings. The Balaban J connectivity index is 0. The third kappa shape index (κ3) is 4.24. The molecule has 1 N–H and O–H groups in total. The monoisotopic (exact) mass is 234 g/mol. The van der Waals surface area contributed by atoms with E-state index in [4.69, 9.17) is 5.11 Å². The van der Waals surface area contributed by atoms with Crippen molar-refractivity contribution in [2.24, 2.45) is 0 Å². The second kappa shape index (κ2) is 5.19. The van der Waals surface area contributed by atoms with Crippen LogP contribution in [0.4, 0.5) is 13.2 Å². The second-order valence-corrected chi connectivity index (χ2v) is 2.05. The molecule has 13 heavy (non-hydrogen) atoms. The summed E-state index contributed by atoms with van der Waals surface area (Å²) in [4.78, 5) is 0. The lowest BCUT2D eigenvalue weighted by atomic mass is 10.2. The Labute approximate surface area is 85.4 Å². The van der Waals surface area contributed by atoms with Gasteiger partial charge in [0.1, 0.15) is 5.75 Å². The smallest absolute Gasteiger partial charge is 0.416 e. The average molecular weight is 235 g/mol. The van der Waals surface area contributed by atoms with Crippen LogP contribution in [0, 0.1) is 0 Å². The highest BCUT2D eigenvalue weighted by Gasteiger charge is 2.30. The standard InChI is InChI=1S/C7H5F3O.2ClH/c8-7(9,10)5-2-1-3-6(11)4-5;;/h1-4,11H;2*1H. The van der Waals surface area contributed by atoms with Gasteiger partial charge in [0.05, 0.1) is 5.56 Å². The van der Waals surface area contributed by atoms with E-state index in [0.29, 0.717) is 6.07 Å². The highest BCUT2D eigenvalue weighted by atomic mass is 35.5. The molecule has 76 valence electrons. The largest absolute Gasteiger partial charge is 0.508 e. The first-order valence-corrected chi connectivity index (χ1v) is 2.86. The topological polar surface area (TPSA) is 20.2 Å². The van der Waals surface area contributed by atoms with E-state index in [-0.39, 0.29) is 30.6 Å². The highest BCUT2D eigenvalue weighted by Crippen LogP contribution is 2.30. The van der Waals surface area contributed by atoms with Crippen molar-refractivity contribution in [2.75, 3.05) is 0 Å². The summed E-state index contributed by atoms with van der Waals surface area (Å²) in [6.45, 7) is 0. The van der Waals surface area contributed by atoms with Gasteiger partial charge in [0.15, 0.2) is 0 Å². The number of hydrogen-bond donors (Lipinski definition) is 1. The van der Waals surface area contributed by atoms with Gasteiger partial charge < -0.3 is 5.11 Å². The van der Waals surface area contributed by atoms with E-state index in [1.165, 1.54) is 6.07 Å². The van der Waals surface area contributed by atoms with Crippen molar-refractivity contribution in [3.8, 4) is 5.75 Å². The predicted octanol–water partition coefficient (Wildman–Crippen LogP) is 3.25. The van der Waals surface area contributed by atoms with E-state index in [1.807, 2.05) is 0 Å². The van der Waals surface area contributed by atoms with Gasteiger partial charge in [-0.1, -0.05) is 6.07 Å². The van der Waals surface area contributed by atoms with Crippen LogP contribution in [-0.2, 0) is 6.18 Å². The van der Waals surface area contributed by atoms with Gasteiger partial charge in [0.25, 0.3) is 0 Å². The molecular formula is C7H7Cl2F3O. The zero-order chi connectivity index (χ0) is 8.48. The molecule has 0 bridgehead atoms. The Morgan fingerprint density at radius 2 is 1.62 bits per heavy atom. The van der Waals surface area contributed by atoms with Crippen molar-refractivity contribution >= 4 is 24.8 Å². The van der Waals surface area contributed by atoms with Crippen molar-refractivity contribution < 1.29 is 18.3 Å². The normalized spacial score (nSPS) is 9.77. The molecule has 0 aliphatic heterocycles. The molecule has 0 aliphatic carbocycles. The Bertz CT molecular complexity index is 262. The minimum atomic E-state index is -4.38. The summed E-state index contributed by atoms with van der Waals surface area (Å²) in [5.41, 5.74) is -0.836. The summed E-state index contributed by atoms with van der Waals surface area (Å²) >= 11 is 0. The molecule has 0 saturated heterocycles. The van der Waals surface area contributed by atoms with E-state index in [1.54, 1.807) is 0 Å². The third-order valence-corrected chi connectivity index (χ3v) is 1.17. The lowest BCUT2D eigenvalue weighted by Gasteiger charge is -2.05. The maximum absolute atomic E-state index is 11.9.